The Kier molecular flexibility index (Phi) is 4.61. The molecule has 2 saturated carbocycles. The van der Waals surface area contributed by atoms with Crippen LogP contribution in [-0.4, -0.2) is 23.2 Å². The average Bonchev–Trinajstić information content (AvgIpc) is 3.25. The number of alkyl carbamates (subject to hydrolysis) is 1. The lowest BCUT2D eigenvalue weighted by molar-refractivity contribution is 0.0322. The zero-order valence-corrected chi connectivity index (χ0v) is 16.3. The van der Waals surface area contributed by atoms with E-state index in [1.165, 1.54) is 37.8 Å². The summed E-state index contributed by atoms with van der Waals surface area (Å²) in [6, 6.07) is 10.5. The predicted octanol–water partition coefficient (Wildman–Crippen LogP) is 5.21. The second-order valence-electron chi connectivity index (χ2n) is 8.59. The number of carbonyl (C=O) groups excluding carboxylic acids is 1. The number of nitrogens with one attached hydrogen (secondary N) is 1. The fraction of sp³-hybridized carbons (Fsp3) is 0.417. The predicted molar refractivity (Wildman–Crippen MR) is 109 cm³/mol. The van der Waals surface area contributed by atoms with E-state index in [0.29, 0.717) is 18.4 Å². The number of pyridine rings is 1. The van der Waals surface area contributed by atoms with Gasteiger partial charge in [0.05, 0.1) is 12.2 Å². The summed E-state index contributed by atoms with van der Waals surface area (Å²) < 4.78 is 19.3. The lowest BCUT2D eigenvalue weighted by Gasteiger charge is -2.30. The van der Waals surface area contributed by atoms with E-state index in [4.69, 9.17) is 4.74 Å². The lowest BCUT2D eigenvalue weighted by atomic mass is 9.77. The molecule has 5 rings (SSSR count). The number of rotatable bonds is 3. The largest absolute Gasteiger partial charge is 0.440 e. The molecule has 29 heavy (non-hydrogen) atoms. The second-order valence-corrected chi connectivity index (χ2v) is 8.59. The van der Waals surface area contributed by atoms with Crippen LogP contribution in [0.1, 0.15) is 37.8 Å². The standard InChI is InChI=1S/C24H25FN2O2/c25-19-6-3-5-16(12-19)18-8-9-20(26-14-18)10-11-22-21-7-2-1-4-17(21)13-24(22)15-27-23(28)29-24/h3,5-6,8-12,14,17,21-22H,1-2,4,7,13,15H2,(H,27,28)/b11-10+/t17-,21-,22+,24-/m1/s1. The van der Waals surface area contributed by atoms with Gasteiger partial charge in [-0.15, -0.1) is 0 Å². The van der Waals surface area contributed by atoms with Crippen LogP contribution in [0.25, 0.3) is 17.2 Å². The molecule has 4 nitrogen and oxygen atoms in total. The van der Waals surface area contributed by atoms with Gasteiger partial charge in [0.25, 0.3) is 0 Å². The van der Waals surface area contributed by atoms with E-state index >= 15 is 0 Å². The van der Waals surface area contributed by atoms with Crippen molar-refractivity contribution in [3.05, 3.63) is 60.2 Å². The maximum Gasteiger partial charge on any atom is 0.407 e. The molecule has 1 aromatic carbocycles. The number of carbonyl (C=O) groups is 1. The van der Waals surface area contributed by atoms with Gasteiger partial charge in [0.15, 0.2) is 0 Å². The fourth-order valence-electron chi connectivity index (χ4n) is 5.57. The second kappa shape index (κ2) is 7.29. The molecule has 0 unspecified atom stereocenters. The van der Waals surface area contributed by atoms with Crippen LogP contribution in [0.2, 0.25) is 0 Å². The van der Waals surface area contributed by atoms with Gasteiger partial charge in [-0.05, 0) is 54.5 Å². The van der Waals surface area contributed by atoms with Gasteiger partial charge in [-0.1, -0.05) is 43.5 Å². The Bertz CT molecular complexity index is 942. The van der Waals surface area contributed by atoms with Gasteiger partial charge >= 0.3 is 6.09 Å². The van der Waals surface area contributed by atoms with Crippen LogP contribution in [0, 0.1) is 23.6 Å². The van der Waals surface area contributed by atoms with E-state index < -0.39 is 5.60 Å². The summed E-state index contributed by atoms with van der Waals surface area (Å²) in [6.45, 7) is 0.597. The van der Waals surface area contributed by atoms with Crippen molar-refractivity contribution >= 4 is 12.2 Å². The van der Waals surface area contributed by atoms with Crippen LogP contribution in [0.3, 0.4) is 0 Å². The molecule has 1 amide bonds. The molecule has 2 heterocycles. The SMILES string of the molecule is O=C1NC[C@@]2(C[C@H]3CCCC[C@H]3[C@@H]2/C=C/c2ccc(-c3cccc(F)c3)cn2)O1. The zero-order valence-electron chi connectivity index (χ0n) is 16.3. The third-order valence-corrected chi connectivity index (χ3v) is 6.89. The Morgan fingerprint density at radius 2 is 2.07 bits per heavy atom. The lowest BCUT2D eigenvalue weighted by Crippen LogP contribution is -2.38. The van der Waals surface area contributed by atoms with Crippen molar-refractivity contribution in [1.29, 1.82) is 0 Å². The first-order chi connectivity index (χ1) is 14.1. The smallest absolute Gasteiger partial charge is 0.407 e. The minimum atomic E-state index is -0.408. The molecule has 0 radical (unpaired) electrons. The molecule has 5 heteroatoms. The summed E-state index contributed by atoms with van der Waals surface area (Å²) in [6.07, 6.45) is 11.7. The molecular weight excluding hydrogens is 367 g/mol. The topological polar surface area (TPSA) is 51.2 Å². The van der Waals surface area contributed by atoms with E-state index in [2.05, 4.69) is 16.4 Å². The first-order valence-electron chi connectivity index (χ1n) is 10.5. The van der Waals surface area contributed by atoms with Crippen molar-refractivity contribution < 1.29 is 13.9 Å². The number of ether oxygens (including phenoxy) is 1. The zero-order chi connectivity index (χ0) is 19.8. The summed E-state index contributed by atoms with van der Waals surface area (Å²) in [7, 11) is 0. The number of aromatic nitrogens is 1. The number of nitrogens with zero attached hydrogens (tertiary/aromatic N) is 1. The number of amides is 1. The molecule has 1 N–H and O–H groups in total. The van der Waals surface area contributed by atoms with Crippen molar-refractivity contribution in [1.82, 2.24) is 10.3 Å². The van der Waals surface area contributed by atoms with Crippen LogP contribution >= 0.6 is 0 Å². The van der Waals surface area contributed by atoms with Gasteiger partial charge in [-0.25, -0.2) is 9.18 Å². The van der Waals surface area contributed by atoms with Crippen LogP contribution < -0.4 is 5.32 Å². The Balaban J connectivity index is 1.38. The Labute approximate surface area is 170 Å². The highest BCUT2D eigenvalue weighted by Crippen LogP contribution is 2.54. The molecule has 1 spiro atoms. The molecule has 150 valence electrons. The molecule has 1 aromatic heterocycles. The van der Waals surface area contributed by atoms with Gasteiger partial charge in [-0.3, -0.25) is 4.98 Å². The molecule has 4 atom stereocenters. The Morgan fingerprint density at radius 3 is 2.83 bits per heavy atom. The van der Waals surface area contributed by atoms with Gasteiger partial charge < -0.3 is 10.1 Å². The Morgan fingerprint density at radius 1 is 1.17 bits per heavy atom. The van der Waals surface area contributed by atoms with Crippen LogP contribution in [0.5, 0.6) is 0 Å². The third-order valence-electron chi connectivity index (χ3n) is 6.89. The number of benzene rings is 1. The minimum Gasteiger partial charge on any atom is -0.440 e. The number of hydrogen-bond donors (Lipinski definition) is 1. The van der Waals surface area contributed by atoms with E-state index in [-0.39, 0.29) is 17.8 Å². The minimum absolute atomic E-state index is 0.219. The first-order valence-corrected chi connectivity index (χ1v) is 10.5. The summed E-state index contributed by atoms with van der Waals surface area (Å²) in [5.41, 5.74) is 2.16. The fourth-order valence-corrected chi connectivity index (χ4v) is 5.57. The van der Waals surface area contributed by atoms with Gasteiger partial charge in [0.2, 0.25) is 0 Å². The molecule has 2 aliphatic carbocycles. The summed E-state index contributed by atoms with van der Waals surface area (Å²) in [5.74, 6) is 1.17. The van der Waals surface area contributed by atoms with Gasteiger partial charge in [0, 0.05) is 17.7 Å². The Hall–Kier alpha value is -2.69. The van der Waals surface area contributed by atoms with Gasteiger partial charge in [-0.2, -0.15) is 0 Å². The maximum atomic E-state index is 13.5. The van der Waals surface area contributed by atoms with E-state index in [0.717, 1.165) is 23.2 Å². The third kappa shape index (κ3) is 3.43. The highest BCUT2D eigenvalue weighted by molar-refractivity contribution is 5.70. The summed E-state index contributed by atoms with van der Waals surface area (Å²) in [5, 5.41) is 2.88. The maximum absolute atomic E-state index is 13.5. The van der Waals surface area contributed by atoms with E-state index in [9.17, 15) is 9.18 Å². The van der Waals surface area contributed by atoms with Crippen molar-refractivity contribution in [2.75, 3.05) is 6.54 Å². The van der Waals surface area contributed by atoms with Crippen LogP contribution in [-0.2, 0) is 4.74 Å². The average molecular weight is 392 g/mol. The van der Waals surface area contributed by atoms with Crippen LogP contribution in [0.15, 0.2) is 48.7 Å². The summed E-state index contributed by atoms with van der Waals surface area (Å²) in [4.78, 5) is 16.4. The molecule has 1 aliphatic heterocycles. The molecule has 0 bridgehead atoms. The van der Waals surface area contributed by atoms with Gasteiger partial charge in [0.1, 0.15) is 11.4 Å². The van der Waals surface area contributed by atoms with Crippen LogP contribution in [0.4, 0.5) is 9.18 Å². The normalized spacial score (nSPS) is 31.1. The van der Waals surface area contributed by atoms with Crippen molar-refractivity contribution in [3.63, 3.8) is 0 Å². The first kappa shape index (κ1) is 18.3. The van der Waals surface area contributed by atoms with Crippen molar-refractivity contribution in [2.24, 2.45) is 17.8 Å². The summed E-state index contributed by atoms with van der Waals surface area (Å²) >= 11 is 0. The number of hydrogen-bond acceptors (Lipinski definition) is 3. The molecule has 1 saturated heterocycles. The monoisotopic (exact) mass is 392 g/mol. The molecule has 3 aliphatic rings. The van der Waals surface area contributed by atoms with E-state index in [1.54, 1.807) is 12.3 Å². The molecule has 3 fully saturated rings. The number of fused-ring (bicyclic) bond motifs is 1. The number of halogens is 1. The van der Waals surface area contributed by atoms with Crippen molar-refractivity contribution in [3.8, 4) is 11.1 Å². The molecule has 2 aromatic rings. The highest BCUT2D eigenvalue weighted by atomic mass is 19.1. The van der Waals surface area contributed by atoms with Crippen molar-refractivity contribution in [2.45, 2.75) is 37.7 Å². The quantitative estimate of drug-likeness (QED) is 0.780. The highest BCUT2D eigenvalue weighted by Gasteiger charge is 2.57. The van der Waals surface area contributed by atoms with E-state index in [1.807, 2.05) is 24.3 Å². The molecular formula is C24H25FN2O2.